The van der Waals surface area contributed by atoms with Gasteiger partial charge in [0.25, 0.3) is 0 Å². The van der Waals surface area contributed by atoms with Crippen molar-refractivity contribution < 1.29 is 0 Å². The molecule has 0 unspecified atom stereocenters. The Morgan fingerprint density at radius 1 is 1.33 bits per heavy atom. The fourth-order valence-electron chi connectivity index (χ4n) is 2.29. The van der Waals surface area contributed by atoms with Gasteiger partial charge in [-0.1, -0.05) is 17.7 Å². The zero-order valence-electron chi connectivity index (χ0n) is 10.0. The summed E-state index contributed by atoms with van der Waals surface area (Å²) in [5.41, 5.74) is 7.73. The van der Waals surface area contributed by atoms with E-state index in [1.165, 1.54) is 0 Å². The predicted molar refractivity (Wildman–Crippen MR) is 72.6 cm³/mol. The number of halogens is 1. The third-order valence-corrected chi connectivity index (χ3v) is 3.72. The SMILES string of the molecule is NCc1ccc(N2CCn3ccnc3C2)cc1Cl. The van der Waals surface area contributed by atoms with Crippen molar-refractivity contribution in [3.8, 4) is 0 Å². The quantitative estimate of drug-likeness (QED) is 0.901. The number of hydrogen-bond acceptors (Lipinski definition) is 3. The van der Waals surface area contributed by atoms with Crippen LogP contribution in [0, 0.1) is 0 Å². The van der Waals surface area contributed by atoms with Gasteiger partial charge in [0, 0.05) is 42.7 Å². The Kier molecular flexibility index (Phi) is 2.97. The van der Waals surface area contributed by atoms with Crippen molar-refractivity contribution in [2.45, 2.75) is 19.6 Å². The standard InChI is InChI=1S/C13H15ClN4/c14-12-7-11(2-1-10(12)8-15)18-6-5-17-4-3-16-13(17)9-18/h1-4,7H,5-6,8-9,15H2. The number of rotatable bonds is 2. The molecule has 1 aliphatic rings. The van der Waals surface area contributed by atoms with E-state index in [9.17, 15) is 0 Å². The van der Waals surface area contributed by atoms with Gasteiger partial charge in [0.1, 0.15) is 5.82 Å². The molecule has 4 nitrogen and oxygen atoms in total. The van der Waals surface area contributed by atoms with E-state index in [0.29, 0.717) is 6.54 Å². The van der Waals surface area contributed by atoms with Gasteiger partial charge in [0.15, 0.2) is 0 Å². The number of hydrogen-bond donors (Lipinski definition) is 1. The van der Waals surface area contributed by atoms with Crippen molar-refractivity contribution in [1.29, 1.82) is 0 Å². The summed E-state index contributed by atoms with van der Waals surface area (Å²) in [6.07, 6.45) is 3.88. The lowest BCUT2D eigenvalue weighted by atomic mass is 10.2. The smallest absolute Gasteiger partial charge is 0.128 e. The Balaban J connectivity index is 1.86. The molecule has 1 aromatic carbocycles. The van der Waals surface area contributed by atoms with Crippen molar-refractivity contribution in [1.82, 2.24) is 9.55 Å². The highest BCUT2D eigenvalue weighted by Gasteiger charge is 2.17. The van der Waals surface area contributed by atoms with Gasteiger partial charge in [-0.3, -0.25) is 0 Å². The molecule has 0 radical (unpaired) electrons. The summed E-state index contributed by atoms with van der Waals surface area (Å²) in [7, 11) is 0. The predicted octanol–water partition coefficient (Wildman–Crippen LogP) is 2.02. The van der Waals surface area contributed by atoms with E-state index in [0.717, 1.165) is 41.7 Å². The lowest BCUT2D eigenvalue weighted by molar-refractivity contribution is 0.560. The summed E-state index contributed by atoms with van der Waals surface area (Å²) >= 11 is 6.20. The number of imidazole rings is 1. The number of nitrogens with two attached hydrogens (primary N) is 1. The summed E-state index contributed by atoms with van der Waals surface area (Å²) < 4.78 is 2.19. The molecule has 2 heterocycles. The number of aromatic nitrogens is 2. The van der Waals surface area contributed by atoms with Crippen molar-refractivity contribution >= 4 is 17.3 Å². The molecule has 1 aromatic heterocycles. The highest BCUT2D eigenvalue weighted by Crippen LogP contribution is 2.26. The van der Waals surface area contributed by atoms with Crippen LogP contribution >= 0.6 is 11.6 Å². The van der Waals surface area contributed by atoms with E-state index in [1.54, 1.807) is 0 Å². The average Bonchev–Trinajstić information content (AvgIpc) is 2.85. The van der Waals surface area contributed by atoms with Crippen LogP contribution in [0.4, 0.5) is 5.69 Å². The molecule has 0 saturated carbocycles. The molecule has 0 bridgehead atoms. The first-order valence-electron chi connectivity index (χ1n) is 6.01. The number of anilines is 1. The average molecular weight is 263 g/mol. The van der Waals surface area contributed by atoms with Crippen LogP contribution in [0.3, 0.4) is 0 Å². The van der Waals surface area contributed by atoms with Gasteiger partial charge >= 0.3 is 0 Å². The van der Waals surface area contributed by atoms with Gasteiger partial charge in [0.05, 0.1) is 6.54 Å². The number of benzene rings is 1. The summed E-state index contributed by atoms with van der Waals surface area (Å²) in [6.45, 7) is 3.24. The summed E-state index contributed by atoms with van der Waals surface area (Å²) in [4.78, 5) is 6.64. The van der Waals surface area contributed by atoms with Gasteiger partial charge in [-0.05, 0) is 17.7 Å². The maximum Gasteiger partial charge on any atom is 0.128 e. The van der Waals surface area contributed by atoms with Crippen LogP contribution in [0.5, 0.6) is 0 Å². The fourth-order valence-corrected chi connectivity index (χ4v) is 2.54. The maximum atomic E-state index is 6.20. The zero-order valence-corrected chi connectivity index (χ0v) is 10.8. The zero-order chi connectivity index (χ0) is 12.5. The second kappa shape index (κ2) is 4.63. The van der Waals surface area contributed by atoms with Gasteiger partial charge in [-0.25, -0.2) is 4.98 Å². The van der Waals surface area contributed by atoms with Crippen molar-refractivity contribution in [3.63, 3.8) is 0 Å². The Bertz CT molecular complexity index is 564. The summed E-state index contributed by atoms with van der Waals surface area (Å²) in [5, 5.41) is 0.740. The lowest BCUT2D eigenvalue weighted by Crippen LogP contribution is -2.33. The first kappa shape index (κ1) is 11.6. The van der Waals surface area contributed by atoms with Gasteiger partial charge in [-0.15, -0.1) is 0 Å². The molecule has 18 heavy (non-hydrogen) atoms. The van der Waals surface area contributed by atoms with Crippen LogP contribution < -0.4 is 10.6 Å². The van der Waals surface area contributed by atoms with Crippen LogP contribution in [0.15, 0.2) is 30.6 Å². The molecule has 0 atom stereocenters. The molecular formula is C13H15ClN4. The second-order valence-corrected chi connectivity index (χ2v) is 4.85. The van der Waals surface area contributed by atoms with Gasteiger partial charge in [0.2, 0.25) is 0 Å². The number of fused-ring (bicyclic) bond motifs is 1. The van der Waals surface area contributed by atoms with Gasteiger partial charge < -0.3 is 15.2 Å². The van der Waals surface area contributed by atoms with Crippen molar-refractivity contribution in [2.75, 3.05) is 11.4 Å². The van der Waals surface area contributed by atoms with Crippen LogP contribution in [-0.2, 0) is 19.6 Å². The highest BCUT2D eigenvalue weighted by atomic mass is 35.5. The topological polar surface area (TPSA) is 47.1 Å². The molecule has 5 heteroatoms. The van der Waals surface area contributed by atoms with Crippen molar-refractivity contribution in [3.05, 3.63) is 47.0 Å². The Morgan fingerprint density at radius 2 is 2.22 bits per heavy atom. The second-order valence-electron chi connectivity index (χ2n) is 4.44. The largest absolute Gasteiger partial charge is 0.362 e. The van der Waals surface area contributed by atoms with E-state index < -0.39 is 0 Å². The number of nitrogens with zero attached hydrogens (tertiary/aromatic N) is 3. The van der Waals surface area contributed by atoms with E-state index >= 15 is 0 Å². The Labute approximate surface area is 111 Å². The lowest BCUT2D eigenvalue weighted by Gasteiger charge is -2.29. The molecule has 0 amide bonds. The minimum absolute atomic E-state index is 0.476. The highest BCUT2D eigenvalue weighted by molar-refractivity contribution is 6.31. The molecule has 2 N–H and O–H groups in total. The first-order valence-corrected chi connectivity index (χ1v) is 6.39. The maximum absolute atomic E-state index is 6.20. The third-order valence-electron chi connectivity index (χ3n) is 3.37. The molecule has 1 aliphatic heterocycles. The molecular weight excluding hydrogens is 248 g/mol. The molecule has 0 aliphatic carbocycles. The van der Waals surface area contributed by atoms with E-state index in [2.05, 4.69) is 20.5 Å². The van der Waals surface area contributed by atoms with Gasteiger partial charge in [-0.2, -0.15) is 0 Å². The van der Waals surface area contributed by atoms with E-state index in [4.69, 9.17) is 17.3 Å². The summed E-state index contributed by atoms with van der Waals surface area (Å²) in [5.74, 6) is 1.10. The normalized spacial score (nSPS) is 14.7. The first-order chi connectivity index (χ1) is 8.78. The fraction of sp³-hybridized carbons (Fsp3) is 0.308. The minimum Gasteiger partial charge on any atom is -0.362 e. The van der Waals surface area contributed by atoms with Crippen LogP contribution in [0.2, 0.25) is 5.02 Å². The summed E-state index contributed by atoms with van der Waals surface area (Å²) in [6, 6.07) is 6.06. The molecule has 3 rings (SSSR count). The monoisotopic (exact) mass is 262 g/mol. The minimum atomic E-state index is 0.476. The van der Waals surface area contributed by atoms with E-state index in [1.807, 2.05) is 24.5 Å². The van der Waals surface area contributed by atoms with Crippen LogP contribution in [-0.4, -0.2) is 16.1 Å². The van der Waals surface area contributed by atoms with E-state index in [-0.39, 0.29) is 0 Å². The van der Waals surface area contributed by atoms with Crippen LogP contribution in [0.1, 0.15) is 11.4 Å². The Hall–Kier alpha value is -1.52. The third kappa shape index (κ3) is 1.98. The molecule has 2 aromatic rings. The molecule has 0 fully saturated rings. The molecule has 94 valence electrons. The van der Waals surface area contributed by atoms with Crippen LogP contribution in [0.25, 0.3) is 0 Å². The molecule has 0 saturated heterocycles. The van der Waals surface area contributed by atoms with Crippen molar-refractivity contribution in [2.24, 2.45) is 5.73 Å². The Morgan fingerprint density at radius 3 is 3.00 bits per heavy atom. The molecule has 0 spiro atoms.